The summed E-state index contributed by atoms with van der Waals surface area (Å²) in [7, 11) is -2.93. The summed E-state index contributed by atoms with van der Waals surface area (Å²) in [5.74, 6) is -4.55. The van der Waals surface area contributed by atoms with E-state index in [0.717, 1.165) is 10.4 Å². The van der Waals surface area contributed by atoms with Crippen molar-refractivity contribution in [2.45, 2.75) is 102 Å². The predicted molar refractivity (Wildman–Crippen MR) is 239 cm³/mol. The molecule has 4 aromatic carbocycles. The van der Waals surface area contributed by atoms with E-state index in [1.165, 1.54) is 24.3 Å². The zero-order chi connectivity index (χ0) is 48.2. The first-order valence-corrected chi connectivity index (χ1v) is 23.0. The molecule has 0 unspecified atom stereocenters. The molecule has 18 heteroatoms. The van der Waals surface area contributed by atoms with Crippen molar-refractivity contribution < 1.29 is 59.7 Å². The zero-order valence-corrected chi connectivity index (χ0v) is 37.8. The third kappa shape index (κ3) is 12.6. The number of rotatable bonds is 19. The van der Waals surface area contributed by atoms with Gasteiger partial charge in [0.1, 0.15) is 12.2 Å². The van der Waals surface area contributed by atoms with Crippen molar-refractivity contribution >= 4 is 42.3 Å². The molecule has 0 fully saturated rings. The summed E-state index contributed by atoms with van der Waals surface area (Å²) in [5, 5.41) is 12.9. The van der Waals surface area contributed by atoms with Crippen LogP contribution in [0.5, 0.6) is 5.88 Å². The number of benzene rings is 4. The summed E-state index contributed by atoms with van der Waals surface area (Å²) in [6.07, 6.45) is -12.7. The lowest BCUT2D eigenvalue weighted by atomic mass is 9.93. The Labute approximate surface area is 380 Å². The molecule has 0 aliphatic carbocycles. The van der Waals surface area contributed by atoms with E-state index in [-0.39, 0.29) is 30.1 Å². The minimum atomic E-state index is -5.36. The number of ether oxygens (including phenoxy) is 2. The number of halogens is 6. The molecular weight excluding hydrogens is 887 g/mol. The van der Waals surface area contributed by atoms with Gasteiger partial charge in [-0.1, -0.05) is 155 Å². The van der Waals surface area contributed by atoms with E-state index in [1.807, 2.05) is 43.3 Å². The lowest BCUT2D eigenvalue weighted by Crippen LogP contribution is -2.67. The Morgan fingerprint density at radius 1 is 0.712 bits per heavy atom. The molecule has 4 N–H and O–H groups in total. The molecule has 11 nitrogen and oxygen atoms in total. The van der Waals surface area contributed by atoms with Gasteiger partial charge >= 0.3 is 18.4 Å². The van der Waals surface area contributed by atoms with E-state index in [2.05, 4.69) is 50.0 Å². The van der Waals surface area contributed by atoms with Gasteiger partial charge in [0.05, 0.1) is 12.3 Å². The summed E-state index contributed by atoms with van der Waals surface area (Å²) >= 11 is 0. The average Bonchev–Trinajstić information content (AvgIpc) is 3.27. The summed E-state index contributed by atoms with van der Waals surface area (Å²) in [4.78, 5) is 42.6. The van der Waals surface area contributed by atoms with Crippen molar-refractivity contribution in [1.29, 1.82) is 0 Å². The van der Waals surface area contributed by atoms with Crippen LogP contribution < -0.4 is 31.3 Å². The molecule has 1 heterocycles. The van der Waals surface area contributed by atoms with Gasteiger partial charge in [-0.3, -0.25) is 25.8 Å². The number of carbonyl (C=O) groups excluding carboxylic acids is 2. The van der Waals surface area contributed by atoms with Crippen molar-refractivity contribution in [3.8, 4) is 5.88 Å². The van der Waals surface area contributed by atoms with E-state index < -0.39 is 86.6 Å². The van der Waals surface area contributed by atoms with Gasteiger partial charge in [-0.2, -0.15) is 26.3 Å². The largest absolute Gasteiger partial charge is 0.472 e. The van der Waals surface area contributed by atoms with Crippen LogP contribution in [0.25, 0.3) is 0 Å². The number of aromatic nitrogens is 1. The second kappa shape index (κ2) is 21.8. The van der Waals surface area contributed by atoms with Gasteiger partial charge in [0.15, 0.2) is 5.69 Å². The molecule has 352 valence electrons. The van der Waals surface area contributed by atoms with Crippen molar-refractivity contribution in [2.75, 3.05) is 5.32 Å². The average molecular weight is 939 g/mol. The Bertz CT molecular complexity index is 2330. The lowest BCUT2D eigenvalue weighted by molar-refractivity contribution is -0.273. The van der Waals surface area contributed by atoms with Crippen LogP contribution in [0.15, 0.2) is 127 Å². The molecule has 0 spiro atoms. The number of carbonyl (C=O) groups is 3. The number of carboxylic acid groups (broad SMARTS) is 1. The number of alkyl halides is 6. The molecule has 0 saturated carbocycles. The number of hydrogen-bond acceptors (Lipinski definition) is 7. The van der Waals surface area contributed by atoms with Crippen molar-refractivity contribution in [3.05, 3.63) is 150 Å². The lowest BCUT2D eigenvalue weighted by Gasteiger charge is -2.44. The molecule has 66 heavy (non-hydrogen) atoms. The number of unbranched alkanes of at least 4 members (excludes halogenated alkanes) is 2. The maximum atomic E-state index is 15.3. The zero-order valence-electron chi connectivity index (χ0n) is 36.8. The molecule has 0 aliphatic rings. The van der Waals surface area contributed by atoms with Gasteiger partial charge in [0, 0.05) is 6.10 Å². The summed E-state index contributed by atoms with van der Waals surface area (Å²) < 4.78 is 106. The maximum Gasteiger partial charge on any atom is 0.426 e. The number of hydrogen-bond donors (Lipinski definition) is 4. The molecular formula is C48H52F6N4O7Si. The van der Waals surface area contributed by atoms with Gasteiger partial charge in [-0.15, -0.1) is 0 Å². The van der Waals surface area contributed by atoms with Crippen LogP contribution in [0.2, 0.25) is 5.04 Å². The molecule has 0 radical (unpaired) electrons. The first-order valence-electron chi connectivity index (χ1n) is 21.1. The van der Waals surface area contributed by atoms with Crippen LogP contribution in [0, 0.1) is 0 Å². The van der Waals surface area contributed by atoms with Crippen molar-refractivity contribution in [3.63, 3.8) is 0 Å². The molecule has 0 aliphatic heterocycles. The topological polar surface area (TPSA) is 148 Å². The minimum absolute atomic E-state index is 0.170. The third-order valence-electron chi connectivity index (χ3n) is 10.8. The third-order valence-corrected chi connectivity index (χ3v) is 16.0. The molecule has 0 saturated heterocycles. The number of nitrogens with one attached hydrogen (secondary N) is 3. The fraction of sp³-hybridized carbons (Fsp3) is 0.333. The SMILES string of the molecule is C[C@@H](CCCCC[C@@](OCc1ccccc1)(C(=O)NNC(=O)c1nc(OCc2ccccc2)c(C(F)(F)F)cc1NC(=O)O)C(F)(F)F)O[Si](c1ccccc1)(c1ccccc1)C(C)(C)C. The van der Waals surface area contributed by atoms with Crippen LogP contribution in [-0.4, -0.2) is 54.2 Å². The van der Waals surface area contributed by atoms with E-state index in [4.69, 9.17) is 13.9 Å². The number of anilines is 1. The Morgan fingerprint density at radius 2 is 1.23 bits per heavy atom. The quantitative estimate of drug-likeness (QED) is 0.0277. The molecule has 5 aromatic rings. The normalized spacial score (nSPS) is 13.5. The number of nitrogens with zero attached hydrogens (tertiary/aromatic N) is 1. The van der Waals surface area contributed by atoms with E-state index in [1.54, 1.807) is 52.6 Å². The Hall–Kier alpha value is -6.24. The van der Waals surface area contributed by atoms with Crippen LogP contribution in [0.1, 0.15) is 87.0 Å². The highest BCUT2D eigenvalue weighted by atomic mass is 28.4. The highest BCUT2D eigenvalue weighted by Gasteiger charge is 2.61. The highest BCUT2D eigenvalue weighted by molar-refractivity contribution is 6.99. The summed E-state index contributed by atoms with van der Waals surface area (Å²) in [5.41, 5.74) is -2.95. The van der Waals surface area contributed by atoms with E-state index in [9.17, 15) is 32.7 Å². The van der Waals surface area contributed by atoms with Crippen LogP contribution in [-0.2, 0) is 33.3 Å². The fourth-order valence-electron chi connectivity index (χ4n) is 7.61. The predicted octanol–water partition coefficient (Wildman–Crippen LogP) is 9.96. The second-order valence-corrected chi connectivity index (χ2v) is 20.9. The number of hydrazine groups is 1. The van der Waals surface area contributed by atoms with Gasteiger partial charge in [0.25, 0.3) is 20.1 Å². The van der Waals surface area contributed by atoms with Gasteiger partial charge in [-0.25, -0.2) is 9.78 Å². The summed E-state index contributed by atoms with van der Waals surface area (Å²) in [6.45, 7) is 7.21. The Kier molecular flexibility index (Phi) is 16.8. The van der Waals surface area contributed by atoms with E-state index >= 15 is 13.2 Å². The van der Waals surface area contributed by atoms with Crippen LogP contribution in [0.3, 0.4) is 0 Å². The van der Waals surface area contributed by atoms with E-state index in [0.29, 0.717) is 24.0 Å². The van der Waals surface area contributed by atoms with Crippen LogP contribution in [0.4, 0.5) is 36.8 Å². The van der Waals surface area contributed by atoms with Gasteiger partial charge in [0.2, 0.25) is 11.5 Å². The van der Waals surface area contributed by atoms with Crippen LogP contribution >= 0.6 is 0 Å². The van der Waals surface area contributed by atoms with Gasteiger partial charge < -0.3 is 19.0 Å². The molecule has 3 amide bonds. The molecule has 2 atom stereocenters. The Morgan fingerprint density at radius 3 is 1.71 bits per heavy atom. The summed E-state index contributed by atoms with van der Waals surface area (Å²) in [6, 6.07) is 35.9. The number of pyridine rings is 1. The maximum absolute atomic E-state index is 15.3. The second-order valence-electron chi connectivity index (χ2n) is 16.6. The smallest absolute Gasteiger partial charge is 0.426 e. The monoisotopic (exact) mass is 938 g/mol. The molecule has 0 bridgehead atoms. The first-order chi connectivity index (χ1) is 31.2. The highest BCUT2D eigenvalue weighted by Crippen LogP contribution is 2.41. The first kappa shape index (κ1) is 50.8. The molecule has 5 rings (SSSR count). The number of amides is 3. The Balaban J connectivity index is 1.36. The van der Waals surface area contributed by atoms with Crippen molar-refractivity contribution in [2.24, 2.45) is 0 Å². The van der Waals surface area contributed by atoms with Crippen molar-refractivity contribution in [1.82, 2.24) is 15.8 Å². The minimum Gasteiger partial charge on any atom is -0.472 e. The molecule has 1 aromatic heterocycles. The van der Waals surface area contributed by atoms with Gasteiger partial charge in [-0.05, 0) is 58.8 Å². The standard InChI is InChI=1S/C48H52F6N4O7Si/c1-33(65-66(45(2,3)4,36-25-15-7-16-26-36)37-27-17-8-18-28-37)20-10-9-19-29-46(48(52,53)54,64-32-35-23-13-6-14-24-35)43(60)58-57-41(59)40-39(55-44(61)62)30-38(47(49,50)51)42(56-40)63-31-34-21-11-5-12-22-34/h5-8,11-18,21-28,30,33,55H,9-10,19-20,29,31-32H2,1-4H3,(H,57,59)(H,58,60)(H,61,62)/t33-,46+/m0/s1. The fourth-order valence-corrected chi connectivity index (χ4v) is 12.3.